The predicted molar refractivity (Wildman–Crippen MR) is 81.6 cm³/mol. The van der Waals surface area contributed by atoms with Gasteiger partial charge in [0.1, 0.15) is 4.90 Å². The van der Waals surface area contributed by atoms with Crippen molar-refractivity contribution in [3.63, 3.8) is 0 Å². The summed E-state index contributed by atoms with van der Waals surface area (Å²) >= 11 is 0. The lowest BCUT2D eigenvalue weighted by Gasteiger charge is -2.21. The van der Waals surface area contributed by atoms with Gasteiger partial charge in [-0.25, -0.2) is 8.42 Å². The van der Waals surface area contributed by atoms with Crippen molar-refractivity contribution in [3.8, 4) is 0 Å². The Morgan fingerprint density at radius 2 is 2.09 bits per heavy atom. The molecule has 8 nitrogen and oxygen atoms in total. The zero-order chi connectivity index (χ0) is 16.7. The Kier molecular flexibility index (Phi) is 4.59. The van der Waals surface area contributed by atoms with Gasteiger partial charge in [0.05, 0.1) is 17.4 Å². The summed E-state index contributed by atoms with van der Waals surface area (Å²) in [5, 5.41) is 4.10. The topological polar surface area (TPSA) is 110 Å². The Bertz CT molecular complexity index is 682. The van der Waals surface area contributed by atoms with E-state index in [4.69, 9.17) is 5.73 Å². The number of amides is 1. The molecule has 3 N–H and O–H groups in total. The molecule has 1 aromatic rings. The molecule has 1 saturated heterocycles. The third-order valence-electron chi connectivity index (χ3n) is 3.95. The van der Waals surface area contributed by atoms with Gasteiger partial charge in [0.15, 0.2) is 0 Å². The van der Waals surface area contributed by atoms with Crippen LogP contribution in [0.5, 0.6) is 0 Å². The van der Waals surface area contributed by atoms with E-state index in [1.54, 1.807) is 32.7 Å². The van der Waals surface area contributed by atoms with Crippen LogP contribution >= 0.6 is 0 Å². The largest absolute Gasteiger partial charge is 0.340 e. The van der Waals surface area contributed by atoms with Crippen molar-refractivity contribution in [1.82, 2.24) is 19.4 Å². The first kappa shape index (κ1) is 16.9. The smallest absolute Gasteiger partial charge is 0.244 e. The van der Waals surface area contributed by atoms with Gasteiger partial charge in [0.2, 0.25) is 15.9 Å². The minimum atomic E-state index is -3.80. The molecule has 0 bridgehead atoms. The predicted octanol–water partition coefficient (Wildman–Crippen LogP) is -0.737. The Morgan fingerprint density at radius 3 is 2.55 bits per heavy atom. The summed E-state index contributed by atoms with van der Waals surface area (Å²) in [6.45, 7) is 5.89. The molecule has 0 aliphatic carbocycles. The van der Waals surface area contributed by atoms with Crippen molar-refractivity contribution >= 4 is 15.9 Å². The quantitative estimate of drug-likeness (QED) is 0.756. The summed E-state index contributed by atoms with van der Waals surface area (Å²) < 4.78 is 29.0. The van der Waals surface area contributed by atoms with E-state index in [9.17, 15) is 13.2 Å². The molecule has 1 aliphatic heterocycles. The normalized spacial score (nSPS) is 20.4. The molecular formula is C13H23N5O3S. The minimum absolute atomic E-state index is 0.0319. The van der Waals surface area contributed by atoms with E-state index < -0.39 is 16.1 Å². The third kappa shape index (κ3) is 3.16. The molecule has 0 radical (unpaired) electrons. The Morgan fingerprint density at radius 1 is 1.45 bits per heavy atom. The van der Waals surface area contributed by atoms with Gasteiger partial charge < -0.3 is 10.6 Å². The first-order valence-corrected chi connectivity index (χ1v) is 8.68. The van der Waals surface area contributed by atoms with E-state index in [1.807, 2.05) is 0 Å². The molecule has 1 aromatic heterocycles. The second-order valence-electron chi connectivity index (χ2n) is 5.80. The molecule has 1 aliphatic rings. The number of rotatable bonds is 4. The summed E-state index contributed by atoms with van der Waals surface area (Å²) in [4.78, 5) is 14.0. The molecule has 22 heavy (non-hydrogen) atoms. The number of carbonyl (C=O) groups is 1. The highest BCUT2D eigenvalue weighted by Crippen LogP contribution is 2.19. The van der Waals surface area contributed by atoms with E-state index in [-0.39, 0.29) is 16.8 Å². The standard InChI is InChI=1S/C13H23N5O3S/c1-8-12(10(3)17(4)15-8)22(20,21)16-9(2)13(19)18-6-5-11(14)7-18/h9,11,16H,5-7,14H2,1-4H3/t9?,11-/m1/s1. The van der Waals surface area contributed by atoms with Crippen LogP contribution in [0.2, 0.25) is 0 Å². The van der Waals surface area contributed by atoms with Gasteiger partial charge in [0.25, 0.3) is 0 Å². The van der Waals surface area contributed by atoms with Gasteiger partial charge in [0, 0.05) is 26.2 Å². The van der Waals surface area contributed by atoms with Crippen LogP contribution in [0.4, 0.5) is 0 Å². The van der Waals surface area contributed by atoms with E-state index >= 15 is 0 Å². The zero-order valence-corrected chi connectivity index (χ0v) is 14.1. The SMILES string of the molecule is Cc1nn(C)c(C)c1S(=O)(=O)NC(C)C(=O)N1CC[C@@H](N)C1. The number of nitrogens with one attached hydrogen (secondary N) is 1. The van der Waals surface area contributed by atoms with Crippen LogP contribution in [0.25, 0.3) is 0 Å². The number of hydrogen-bond acceptors (Lipinski definition) is 5. The molecule has 9 heteroatoms. The van der Waals surface area contributed by atoms with Gasteiger partial charge in [-0.3, -0.25) is 9.48 Å². The molecule has 2 rings (SSSR count). The Labute approximate surface area is 130 Å². The number of carbonyl (C=O) groups excluding carboxylic acids is 1. The number of likely N-dealkylation sites (tertiary alicyclic amines) is 1. The van der Waals surface area contributed by atoms with Gasteiger partial charge in [-0.2, -0.15) is 9.82 Å². The van der Waals surface area contributed by atoms with Gasteiger partial charge in [-0.1, -0.05) is 0 Å². The van der Waals surface area contributed by atoms with Gasteiger partial charge in [-0.15, -0.1) is 0 Å². The minimum Gasteiger partial charge on any atom is -0.340 e. The fraction of sp³-hybridized carbons (Fsp3) is 0.692. The molecular weight excluding hydrogens is 306 g/mol. The maximum absolute atomic E-state index is 12.5. The average molecular weight is 329 g/mol. The molecule has 0 saturated carbocycles. The van der Waals surface area contributed by atoms with Gasteiger partial charge >= 0.3 is 0 Å². The van der Waals surface area contributed by atoms with Crippen LogP contribution < -0.4 is 10.5 Å². The van der Waals surface area contributed by atoms with E-state index in [2.05, 4.69) is 9.82 Å². The molecule has 124 valence electrons. The van der Waals surface area contributed by atoms with Crippen molar-refractivity contribution < 1.29 is 13.2 Å². The molecule has 2 heterocycles. The van der Waals surface area contributed by atoms with Crippen LogP contribution in [0, 0.1) is 13.8 Å². The first-order valence-electron chi connectivity index (χ1n) is 7.20. The van der Waals surface area contributed by atoms with Crippen molar-refractivity contribution in [2.75, 3.05) is 13.1 Å². The number of hydrogen-bond donors (Lipinski definition) is 2. The highest BCUT2D eigenvalue weighted by molar-refractivity contribution is 7.89. The summed E-state index contributed by atoms with van der Waals surface area (Å²) in [6, 6.07) is -0.870. The summed E-state index contributed by atoms with van der Waals surface area (Å²) in [5.74, 6) is -0.254. The van der Waals surface area contributed by atoms with Crippen LogP contribution in [0.3, 0.4) is 0 Å². The van der Waals surface area contributed by atoms with Crippen LogP contribution in [0.15, 0.2) is 4.90 Å². The summed E-state index contributed by atoms with van der Waals surface area (Å²) in [7, 11) is -2.12. The number of sulfonamides is 1. The van der Waals surface area contributed by atoms with Crippen molar-refractivity contribution in [2.24, 2.45) is 12.8 Å². The van der Waals surface area contributed by atoms with Gasteiger partial charge in [-0.05, 0) is 27.2 Å². The Hall–Kier alpha value is -1.45. The lowest BCUT2D eigenvalue weighted by molar-refractivity contribution is -0.131. The monoisotopic (exact) mass is 329 g/mol. The lowest BCUT2D eigenvalue weighted by atomic mass is 10.3. The molecule has 1 unspecified atom stereocenters. The molecule has 0 spiro atoms. The summed E-state index contributed by atoms with van der Waals surface area (Å²) in [6.07, 6.45) is 0.742. The second-order valence-corrected chi connectivity index (χ2v) is 7.45. The van der Waals surface area contributed by atoms with E-state index in [0.29, 0.717) is 24.5 Å². The maximum atomic E-state index is 12.5. The zero-order valence-electron chi connectivity index (χ0n) is 13.3. The highest BCUT2D eigenvalue weighted by Gasteiger charge is 2.31. The van der Waals surface area contributed by atoms with Crippen molar-refractivity contribution in [2.45, 2.75) is 44.2 Å². The third-order valence-corrected chi connectivity index (χ3v) is 5.74. The molecule has 1 amide bonds. The molecule has 0 aromatic carbocycles. The Balaban J connectivity index is 2.16. The summed E-state index contributed by atoms with van der Waals surface area (Å²) in [5.41, 5.74) is 6.73. The van der Waals surface area contributed by atoms with Crippen LogP contribution in [-0.2, 0) is 21.9 Å². The maximum Gasteiger partial charge on any atom is 0.244 e. The number of nitrogens with two attached hydrogens (primary N) is 1. The molecule has 1 fully saturated rings. The van der Waals surface area contributed by atoms with Crippen molar-refractivity contribution in [1.29, 1.82) is 0 Å². The number of aromatic nitrogens is 2. The van der Waals surface area contributed by atoms with E-state index in [1.165, 1.54) is 4.68 Å². The first-order chi connectivity index (χ1) is 10.1. The van der Waals surface area contributed by atoms with E-state index in [0.717, 1.165) is 6.42 Å². The highest BCUT2D eigenvalue weighted by atomic mass is 32.2. The fourth-order valence-electron chi connectivity index (χ4n) is 2.75. The fourth-order valence-corrected chi connectivity index (χ4v) is 4.38. The lowest BCUT2D eigenvalue weighted by Crippen LogP contribution is -2.46. The van der Waals surface area contributed by atoms with Crippen LogP contribution in [-0.4, -0.2) is 54.2 Å². The number of nitrogens with zero attached hydrogens (tertiary/aromatic N) is 3. The average Bonchev–Trinajstić information content (AvgIpc) is 2.93. The van der Waals surface area contributed by atoms with Crippen molar-refractivity contribution in [3.05, 3.63) is 11.4 Å². The number of aryl methyl sites for hydroxylation is 2. The second kappa shape index (κ2) is 5.98. The van der Waals surface area contributed by atoms with Crippen LogP contribution in [0.1, 0.15) is 24.7 Å². The molecule has 2 atom stereocenters.